The molecule has 0 saturated heterocycles. The lowest BCUT2D eigenvalue weighted by Crippen LogP contribution is -2.24. The Morgan fingerprint density at radius 1 is 1.32 bits per heavy atom. The van der Waals surface area contributed by atoms with E-state index in [0.29, 0.717) is 39.7 Å². The SMILES string of the molecule is COC(=O)c1ccc2c(=O)n(Cc3ccco3)c(SCCOC(C)C)nc2c1. The molecule has 0 saturated carbocycles. The molecule has 7 nitrogen and oxygen atoms in total. The maximum Gasteiger partial charge on any atom is 0.337 e. The zero-order chi connectivity index (χ0) is 20.1. The van der Waals surface area contributed by atoms with Crippen LogP contribution in [0.5, 0.6) is 0 Å². The lowest BCUT2D eigenvalue weighted by molar-refractivity contribution is 0.0601. The predicted molar refractivity (Wildman–Crippen MR) is 107 cm³/mol. The first-order valence-corrected chi connectivity index (χ1v) is 9.88. The van der Waals surface area contributed by atoms with Crippen LogP contribution in [0.25, 0.3) is 10.9 Å². The van der Waals surface area contributed by atoms with Crippen molar-refractivity contribution in [3.05, 3.63) is 58.3 Å². The number of esters is 1. The second kappa shape index (κ2) is 9.07. The van der Waals surface area contributed by atoms with E-state index in [1.807, 2.05) is 19.9 Å². The number of thioether (sulfide) groups is 1. The topological polar surface area (TPSA) is 83.6 Å². The van der Waals surface area contributed by atoms with Gasteiger partial charge in [0.2, 0.25) is 0 Å². The Kier molecular flexibility index (Phi) is 6.53. The Hall–Kier alpha value is -2.58. The van der Waals surface area contributed by atoms with Crippen LogP contribution in [0.2, 0.25) is 0 Å². The molecule has 0 fully saturated rings. The van der Waals surface area contributed by atoms with Gasteiger partial charge in [0, 0.05) is 5.75 Å². The number of hydrogen-bond acceptors (Lipinski definition) is 7. The molecule has 28 heavy (non-hydrogen) atoms. The Bertz CT molecular complexity index is 1010. The highest BCUT2D eigenvalue weighted by atomic mass is 32.2. The molecule has 0 unspecified atom stereocenters. The van der Waals surface area contributed by atoms with Crippen LogP contribution in [0.15, 0.2) is 51.0 Å². The lowest BCUT2D eigenvalue weighted by Gasteiger charge is -2.13. The van der Waals surface area contributed by atoms with Gasteiger partial charge in [-0.25, -0.2) is 9.78 Å². The minimum absolute atomic E-state index is 0.137. The summed E-state index contributed by atoms with van der Waals surface area (Å²) >= 11 is 1.43. The first-order valence-electron chi connectivity index (χ1n) is 8.89. The highest BCUT2D eigenvalue weighted by molar-refractivity contribution is 7.99. The maximum absolute atomic E-state index is 13.1. The first-order chi connectivity index (χ1) is 13.5. The van der Waals surface area contributed by atoms with Gasteiger partial charge in [0.25, 0.3) is 5.56 Å². The molecule has 3 aromatic rings. The van der Waals surface area contributed by atoms with Gasteiger partial charge in [-0.05, 0) is 44.2 Å². The van der Waals surface area contributed by atoms with Gasteiger partial charge < -0.3 is 13.9 Å². The first kappa shape index (κ1) is 20.2. The highest BCUT2D eigenvalue weighted by Gasteiger charge is 2.15. The Morgan fingerprint density at radius 2 is 2.14 bits per heavy atom. The van der Waals surface area contributed by atoms with Gasteiger partial charge in [0.15, 0.2) is 5.16 Å². The zero-order valence-electron chi connectivity index (χ0n) is 16.0. The molecule has 0 aliphatic rings. The molecule has 2 aromatic heterocycles. The summed E-state index contributed by atoms with van der Waals surface area (Å²) < 4.78 is 17.3. The largest absolute Gasteiger partial charge is 0.467 e. The quantitative estimate of drug-likeness (QED) is 0.247. The second-order valence-electron chi connectivity index (χ2n) is 6.36. The van der Waals surface area contributed by atoms with Gasteiger partial charge in [-0.15, -0.1) is 0 Å². The van der Waals surface area contributed by atoms with Gasteiger partial charge >= 0.3 is 5.97 Å². The van der Waals surface area contributed by atoms with Gasteiger partial charge in [0.1, 0.15) is 5.76 Å². The van der Waals surface area contributed by atoms with Crippen molar-refractivity contribution in [1.82, 2.24) is 9.55 Å². The van der Waals surface area contributed by atoms with E-state index in [1.165, 1.54) is 18.9 Å². The minimum Gasteiger partial charge on any atom is -0.467 e. The number of carbonyl (C=O) groups excluding carboxylic acids is 1. The molecule has 0 amide bonds. The molecule has 1 aromatic carbocycles. The number of fused-ring (bicyclic) bond motifs is 1. The second-order valence-corrected chi connectivity index (χ2v) is 7.42. The summed E-state index contributed by atoms with van der Waals surface area (Å²) in [6.45, 7) is 4.76. The van der Waals surface area contributed by atoms with Crippen molar-refractivity contribution in [3.63, 3.8) is 0 Å². The number of rotatable bonds is 8. The third-order valence-corrected chi connectivity index (χ3v) is 4.94. The Morgan fingerprint density at radius 3 is 2.82 bits per heavy atom. The van der Waals surface area contributed by atoms with Gasteiger partial charge in [-0.2, -0.15) is 0 Å². The molecule has 0 N–H and O–H groups in total. The van der Waals surface area contributed by atoms with Crippen LogP contribution in [0, 0.1) is 0 Å². The normalized spacial score (nSPS) is 11.3. The average Bonchev–Trinajstić information content (AvgIpc) is 3.20. The number of aromatic nitrogens is 2. The fourth-order valence-corrected chi connectivity index (χ4v) is 3.50. The van der Waals surface area contributed by atoms with E-state index in [-0.39, 0.29) is 18.2 Å². The predicted octanol–water partition coefficient (Wildman–Crippen LogP) is 3.34. The maximum atomic E-state index is 13.1. The molecule has 2 heterocycles. The monoisotopic (exact) mass is 402 g/mol. The molecule has 8 heteroatoms. The van der Waals surface area contributed by atoms with Gasteiger partial charge in [-0.1, -0.05) is 11.8 Å². The third kappa shape index (κ3) is 4.63. The van der Waals surface area contributed by atoms with E-state index >= 15 is 0 Å². The number of ether oxygens (including phenoxy) is 2. The Labute approximate surface area is 166 Å². The van der Waals surface area contributed by atoms with Crippen molar-refractivity contribution in [3.8, 4) is 0 Å². The van der Waals surface area contributed by atoms with Gasteiger partial charge in [0.05, 0.1) is 49.1 Å². The van der Waals surface area contributed by atoms with Crippen molar-refractivity contribution < 1.29 is 18.7 Å². The molecule has 0 aliphatic heterocycles. The van der Waals surface area contributed by atoms with Crippen LogP contribution in [-0.4, -0.2) is 41.1 Å². The summed E-state index contributed by atoms with van der Waals surface area (Å²) in [4.78, 5) is 29.5. The van der Waals surface area contributed by atoms with Crippen LogP contribution in [0.1, 0.15) is 30.0 Å². The molecule has 0 spiro atoms. The Balaban J connectivity index is 2.01. The number of furan rings is 1. The molecule has 148 valence electrons. The van der Waals surface area contributed by atoms with Crippen LogP contribution >= 0.6 is 11.8 Å². The van der Waals surface area contributed by atoms with Crippen molar-refractivity contribution in [1.29, 1.82) is 0 Å². The molecule has 0 bridgehead atoms. The number of hydrogen-bond donors (Lipinski definition) is 0. The van der Waals surface area contributed by atoms with E-state index in [1.54, 1.807) is 35.1 Å². The van der Waals surface area contributed by atoms with Crippen molar-refractivity contribution in [2.24, 2.45) is 0 Å². The van der Waals surface area contributed by atoms with E-state index in [2.05, 4.69) is 4.98 Å². The highest BCUT2D eigenvalue weighted by Crippen LogP contribution is 2.20. The third-order valence-electron chi connectivity index (χ3n) is 4.00. The van der Waals surface area contributed by atoms with E-state index in [0.717, 1.165) is 0 Å². The van der Waals surface area contributed by atoms with Crippen LogP contribution in [0.3, 0.4) is 0 Å². The summed E-state index contributed by atoms with van der Waals surface area (Å²) in [7, 11) is 1.32. The minimum atomic E-state index is -0.469. The molecule has 0 atom stereocenters. The van der Waals surface area contributed by atoms with Crippen molar-refractivity contribution >= 4 is 28.6 Å². The van der Waals surface area contributed by atoms with E-state index in [4.69, 9.17) is 13.9 Å². The van der Waals surface area contributed by atoms with Crippen LogP contribution in [0.4, 0.5) is 0 Å². The van der Waals surface area contributed by atoms with Crippen molar-refractivity contribution in [2.45, 2.75) is 31.7 Å². The molecule has 0 aliphatic carbocycles. The van der Waals surface area contributed by atoms with Crippen molar-refractivity contribution in [2.75, 3.05) is 19.5 Å². The molecule has 3 rings (SSSR count). The number of carbonyl (C=O) groups is 1. The summed E-state index contributed by atoms with van der Waals surface area (Å²) in [6, 6.07) is 8.34. The summed E-state index contributed by atoms with van der Waals surface area (Å²) in [6.07, 6.45) is 1.71. The fourth-order valence-electron chi connectivity index (χ4n) is 2.67. The number of benzene rings is 1. The molecular weight excluding hydrogens is 380 g/mol. The van der Waals surface area contributed by atoms with Gasteiger partial charge in [-0.3, -0.25) is 9.36 Å². The zero-order valence-corrected chi connectivity index (χ0v) is 16.8. The lowest BCUT2D eigenvalue weighted by atomic mass is 10.1. The summed E-state index contributed by atoms with van der Waals surface area (Å²) in [5.41, 5.74) is 0.616. The molecular formula is C20H22N2O5S. The summed E-state index contributed by atoms with van der Waals surface area (Å²) in [5, 5.41) is 0.977. The summed E-state index contributed by atoms with van der Waals surface area (Å²) in [5.74, 6) is 0.836. The smallest absolute Gasteiger partial charge is 0.337 e. The number of nitrogens with zero attached hydrogens (tertiary/aromatic N) is 2. The van der Waals surface area contributed by atoms with E-state index < -0.39 is 5.97 Å². The van der Waals surface area contributed by atoms with E-state index in [9.17, 15) is 9.59 Å². The van der Waals surface area contributed by atoms with Crippen LogP contribution in [-0.2, 0) is 16.0 Å². The number of methoxy groups -OCH3 is 1. The molecule has 0 radical (unpaired) electrons. The van der Waals surface area contributed by atoms with Crippen LogP contribution < -0.4 is 5.56 Å². The standard InChI is InChI=1S/C20H22N2O5S/c1-13(2)26-9-10-28-20-21-17-11-14(19(24)25-3)6-7-16(17)18(23)22(20)12-15-5-4-8-27-15/h4-8,11,13H,9-10,12H2,1-3H3. The fraction of sp³-hybridized carbons (Fsp3) is 0.350. The average molecular weight is 402 g/mol.